The highest BCUT2D eigenvalue weighted by Crippen LogP contribution is 2.27. The van der Waals surface area contributed by atoms with Gasteiger partial charge in [0.25, 0.3) is 0 Å². The highest BCUT2D eigenvalue weighted by Gasteiger charge is 2.26. The molecule has 0 bridgehead atoms. The summed E-state index contributed by atoms with van der Waals surface area (Å²) in [6, 6.07) is 8.36. The van der Waals surface area contributed by atoms with Crippen molar-refractivity contribution in [3.8, 4) is 0 Å². The standard InChI is InChI=1S/C17H26N2O.ClH/c1-3-19(15-10-8-13(2)9-11-15)17(20)12-14-6-4-5-7-16(14)18;/h8-11,14,16H,3-7,12,18H2,1-2H3;1H. The fourth-order valence-corrected chi connectivity index (χ4v) is 3.05. The number of aryl methyl sites for hydroxylation is 1. The van der Waals surface area contributed by atoms with Crippen molar-refractivity contribution in [3.63, 3.8) is 0 Å². The zero-order valence-electron chi connectivity index (χ0n) is 13.0. The van der Waals surface area contributed by atoms with Crippen molar-refractivity contribution in [2.75, 3.05) is 11.4 Å². The number of halogens is 1. The van der Waals surface area contributed by atoms with Crippen LogP contribution in [0.25, 0.3) is 0 Å². The number of rotatable bonds is 4. The molecule has 0 heterocycles. The molecule has 1 aromatic rings. The third-order valence-corrected chi connectivity index (χ3v) is 4.37. The van der Waals surface area contributed by atoms with Crippen LogP contribution >= 0.6 is 12.4 Å². The van der Waals surface area contributed by atoms with E-state index >= 15 is 0 Å². The van der Waals surface area contributed by atoms with E-state index in [1.165, 1.54) is 18.4 Å². The number of carbonyl (C=O) groups excluding carboxylic acids is 1. The molecule has 2 atom stereocenters. The smallest absolute Gasteiger partial charge is 0.227 e. The molecule has 0 radical (unpaired) electrons. The normalized spacial score (nSPS) is 21.5. The number of amides is 1. The van der Waals surface area contributed by atoms with Gasteiger partial charge in [-0.25, -0.2) is 0 Å². The van der Waals surface area contributed by atoms with Crippen molar-refractivity contribution in [2.24, 2.45) is 11.7 Å². The highest BCUT2D eigenvalue weighted by molar-refractivity contribution is 5.93. The van der Waals surface area contributed by atoms with E-state index in [0.29, 0.717) is 18.9 Å². The zero-order chi connectivity index (χ0) is 14.5. The lowest BCUT2D eigenvalue weighted by atomic mass is 9.82. The summed E-state index contributed by atoms with van der Waals surface area (Å²) in [5.74, 6) is 0.564. The maximum absolute atomic E-state index is 12.5. The molecule has 4 heteroatoms. The Balaban J connectivity index is 0.00000220. The number of nitrogens with zero attached hydrogens (tertiary/aromatic N) is 1. The van der Waals surface area contributed by atoms with E-state index in [1.807, 2.05) is 24.0 Å². The quantitative estimate of drug-likeness (QED) is 0.922. The van der Waals surface area contributed by atoms with Crippen molar-refractivity contribution in [1.82, 2.24) is 0 Å². The average molecular weight is 311 g/mol. The largest absolute Gasteiger partial charge is 0.327 e. The van der Waals surface area contributed by atoms with Gasteiger partial charge in [-0.15, -0.1) is 12.4 Å². The van der Waals surface area contributed by atoms with Gasteiger partial charge in [-0.3, -0.25) is 4.79 Å². The van der Waals surface area contributed by atoms with Gasteiger partial charge in [0.15, 0.2) is 0 Å². The van der Waals surface area contributed by atoms with Gasteiger partial charge >= 0.3 is 0 Å². The van der Waals surface area contributed by atoms with Crippen LogP contribution in [-0.4, -0.2) is 18.5 Å². The first kappa shape index (κ1) is 18.0. The summed E-state index contributed by atoms with van der Waals surface area (Å²) in [6.07, 6.45) is 5.17. The molecule has 1 aromatic carbocycles. The molecule has 0 aliphatic heterocycles. The molecule has 1 aliphatic rings. The van der Waals surface area contributed by atoms with E-state index in [9.17, 15) is 4.79 Å². The SMILES string of the molecule is CCN(C(=O)CC1CCCCC1N)c1ccc(C)cc1.Cl. The Morgan fingerprint density at radius 3 is 2.43 bits per heavy atom. The van der Waals surface area contributed by atoms with E-state index < -0.39 is 0 Å². The summed E-state index contributed by atoms with van der Waals surface area (Å²) in [4.78, 5) is 14.4. The van der Waals surface area contributed by atoms with Crippen LogP contribution in [0, 0.1) is 12.8 Å². The average Bonchev–Trinajstić information content (AvgIpc) is 2.44. The van der Waals surface area contributed by atoms with Crippen molar-refractivity contribution in [2.45, 2.75) is 52.0 Å². The summed E-state index contributed by atoms with van der Waals surface area (Å²) >= 11 is 0. The molecule has 118 valence electrons. The minimum absolute atomic E-state index is 0. The number of hydrogen-bond donors (Lipinski definition) is 1. The monoisotopic (exact) mass is 310 g/mol. The lowest BCUT2D eigenvalue weighted by molar-refractivity contribution is -0.119. The third kappa shape index (κ3) is 4.72. The van der Waals surface area contributed by atoms with Crippen LogP contribution in [0.2, 0.25) is 0 Å². The van der Waals surface area contributed by atoms with Gasteiger partial charge in [-0.1, -0.05) is 30.5 Å². The molecule has 2 rings (SSSR count). The van der Waals surface area contributed by atoms with Gasteiger partial charge in [-0.2, -0.15) is 0 Å². The minimum Gasteiger partial charge on any atom is -0.327 e. The van der Waals surface area contributed by atoms with E-state index in [-0.39, 0.29) is 24.4 Å². The molecule has 1 saturated carbocycles. The lowest BCUT2D eigenvalue weighted by Gasteiger charge is -2.30. The first-order valence-electron chi connectivity index (χ1n) is 7.74. The van der Waals surface area contributed by atoms with Crippen molar-refractivity contribution >= 4 is 24.0 Å². The Morgan fingerprint density at radius 2 is 1.86 bits per heavy atom. The Hall–Kier alpha value is -1.06. The van der Waals surface area contributed by atoms with Crippen LogP contribution in [-0.2, 0) is 4.79 Å². The number of anilines is 1. The molecule has 3 nitrogen and oxygen atoms in total. The first-order chi connectivity index (χ1) is 9.61. The molecule has 0 aromatic heterocycles. The van der Waals surface area contributed by atoms with Crippen LogP contribution < -0.4 is 10.6 Å². The van der Waals surface area contributed by atoms with Crippen LogP contribution in [0.4, 0.5) is 5.69 Å². The third-order valence-electron chi connectivity index (χ3n) is 4.37. The molecule has 2 unspecified atom stereocenters. The van der Waals surface area contributed by atoms with E-state index in [1.54, 1.807) is 0 Å². The Kier molecular flexibility index (Phi) is 7.20. The summed E-state index contributed by atoms with van der Waals surface area (Å²) in [5, 5.41) is 0. The van der Waals surface area contributed by atoms with E-state index in [0.717, 1.165) is 18.5 Å². The molecule has 1 fully saturated rings. The molecule has 1 amide bonds. The van der Waals surface area contributed by atoms with Gasteiger partial charge in [0.05, 0.1) is 0 Å². The van der Waals surface area contributed by atoms with Crippen molar-refractivity contribution in [1.29, 1.82) is 0 Å². The minimum atomic E-state index is 0. The predicted octanol–water partition coefficient (Wildman–Crippen LogP) is 3.68. The molecular weight excluding hydrogens is 284 g/mol. The number of hydrogen-bond acceptors (Lipinski definition) is 2. The molecule has 1 aliphatic carbocycles. The maximum atomic E-state index is 12.5. The number of benzene rings is 1. The Morgan fingerprint density at radius 1 is 1.24 bits per heavy atom. The van der Waals surface area contributed by atoms with Crippen LogP contribution in [0.5, 0.6) is 0 Å². The highest BCUT2D eigenvalue weighted by atomic mass is 35.5. The summed E-state index contributed by atoms with van der Waals surface area (Å²) in [5.41, 5.74) is 8.36. The van der Waals surface area contributed by atoms with E-state index in [2.05, 4.69) is 19.1 Å². The number of nitrogens with two attached hydrogens (primary N) is 1. The van der Waals surface area contributed by atoms with Gasteiger partial charge in [0.1, 0.15) is 0 Å². The van der Waals surface area contributed by atoms with Gasteiger partial charge in [0, 0.05) is 24.7 Å². The van der Waals surface area contributed by atoms with Crippen molar-refractivity contribution < 1.29 is 4.79 Å². The number of carbonyl (C=O) groups is 1. The van der Waals surface area contributed by atoms with Crippen LogP contribution in [0.3, 0.4) is 0 Å². The molecule has 2 N–H and O–H groups in total. The molecular formula is C17H27ClN2O. The Bertz CT molecular complexity index is 447. The zero-order valence-corrected chi connectivity index (χ0v) is 13.9. The van der Waals surface area contributed by atoms with Gasteiger partial charge in [0.2, 0.25) is 5.91 Å². The predicted molar refractivity (Wildman–Crippen MR) is 91.0 cm³/mol. The second-order valence-electron chi connectivity index (χ2n) is 5.89. The maximum Gasteiger partial charge on any atom is 0.227 e. The van der Waals surface area contributed by atoms with Crippen LogP contribution in [0.15, 0.2) is 24.3 Å². The second kappa shape index (κ2) is 8.40. The second-order valence-corrected chi connectivity index (χ2v) is 5.89. The summed E-state index contributed by atoms with van der Waals surface area (Å²) in [6.45, 7) is 4.80. The van der Waals surface area contributed by atoms with Gasteiger partial charge < -0.3 is 10.6 Å². The molecule has 0 spiro atoms. The fourth-order valence-electron chi connectivity index (χ4n) is 3.05. The van der Waals surface area contributed by atoms with Crippen LogP contribution in [0.1, 0.15) is 44.6 Å². The lowest BCUT2D eigenvalue weighted by Crippen LogP contribution is -2.39. The van der Waals surface area contributed by atoms with Crippen molar-refractivity contribution in [3.05, 3.63) is 29.8 Å². The summed E-state index contributed by atoms with van der Waals surface area (Å²) in [7, 11) is 0. The van der Waals surface area contributed by atoms with Gasteiger partial charge in [-0.05, 0) is 44.7 Å². The van der Waals surface area contributed by atoms with E-state index in [4.69, 9.17) is 5.73 Å². The first-order valence-corrected chi connectivity index (χ1v) is 7.74. The topological polar surface area (TPSA) is 46.3 Å². The Labute approximate surface area is 134 Å². The fraction of sp³-hybridized carbons (Fsp3) is 0.588. The molecule has 0 saturated heterocycles. The summed E-state index contributed by atoms with van der Waals surface area (Å²) < 4.78 is 0. The molecule has 21 heavy (non-hydrogen) atoms.